The van der Waals surface area contributed by atoms with Crippen molar-refractivity contribution in [2.45, 2.75) is 12.5 Å². The summed E-state index contributed by atoms with van der Waals surface area (Å²) in [6.07, 6.45) is -0.296. The highest BCUT2D eigenvalue weighted by molar-refractivity contribution is 7.22. The van der Waals surface area contributed by atoms with Gasteiger partial charge in [-0.05, 0) is 18.6 Å². The number of piperidine rings is 1. The second-order valence-corrected chi connectivity index (χ2v) is 5.72. The maximum Gasteiger partial charge on any atom is 0.310 e. The number of aliphatic hydroxyl groups excluding tert-OH is 1. The van der Waals surface area contributed by atoms with Crippen LogP contribution in [0, 0.1) is 5.92 Å². The van der Waals surface area contributed by atoms with E-state index in [0.29, 0.717) is 19.5 Å². The topological polar surface area (TPSA) is 73.7 Å². The quantitative estimate of drug-likeness (QED) is 0.872. The van der Waals surface area contributed by atoms with Crippen LogP contribution in [0.4, 0.5) is 5.13 Å². The molecule has 2 atom stereocenters. The van der Waals surface area contributed by atoms with Gasteiger partial charge in [-0.25, -0.2) is 4.98 Å². The Morgan fingerprint density at radius 3 is 2.95 bits per heavy atom. The number of benzene rings is 1. The molecule has 0 bridgehead atoms. The maximum absolute atomic E-state index is 11.1. The molecule has 0 amide bonds. The van der Waals surface area contributed by atoms with Gasteiger partial charge in [-0.2, -0.15) is 0 Å². The van der Waals surface area contributed by atoms with E-state index in [0.717, 1.165) is 15.3 Å². The molecule has 2 heterocycles. The average molecular weight is 278 g/mol. The first-order valence-electron chi connectivity index (χ1n) is 6.16. The van der Waals surface area contributed by atoms with Crippen molar-refractivity contribution >= 4 is 32.7 Å². The van der Waals surface area contributed by atoms with Crippen molar-refractivity contribution in [3.05, 3.63) is 24.3 Å². The van der Waals surface area contributed by atoms with Crippen molar-refractivity contribution in [2.24, 2.45) is 5.92 Å². The summed E-state index contributed by atoms with van der Waals surface area (Å²) in [6.45, 7) is 0.959. The first kappa shape index (κ1) is 12.4. The van der Waals surface area contributed by atoms with E-state index in [9.17, 15) is 9.90 Å². The van der Waals surface area contributed by atoms with E-state index in [1.807, 2.05) is 29.2 Å². The summed E-state index contributed by atoms with van der Waals surface area (Å²) in [5, 5.41) is 19.7. The number of thiazole rings is 1. The summed E-state index contributed by atoms with van der Waals surface area (Å²) in [4.78, 5) is 17.6. The third-order valence-corrected chi connectivity index (χ3v) is 4.54. The number of fused-ring (bicyclic) bond motifs is 1. The summed E-state index contributed by atoms with van der Waals surface area (Å²) in [7, 11) is 0. The minimum atomic E-state index is -0.946. The molecule has 1 aromatic carbocycles. The molecular formula is C13H14N2O3S. The highest BCUT2D eigenvalue weighted by atomic mass is 32.1. The fourth-order valence-electron chi connectivity index (χ4n) is 2.35. The van der Waals surface area contributed by atoms with Gasteiger partial charge in [0.05, 0.1) is 16.3 Å². The second-order valence-electron chi connectivity index (χ2n) is 4.71. The number of aliphatic hydroxyl groups is 1. The Morgan fingerprint density at radius 1 is 1.42 bits per heavy atom. The molecule has 1 aliphatic rings. The van der Waals surface area contributed by atoms with Crippen LogP contribution in [0.5, 0.6) is 0 Å². The molecule has 0 aliphatic carbocycles. The Kier molecular flexibility index (Phi) is 3.12. The minimum Gasteiger partial charge on any atom is -0.481 e. The second kappa shape index (κ2) is 4.79. The Labute approximate surface area is 114 Å². The van der Waals surface area contributed by atoms with Crippen LogP contribution in [0.2, 0.25) is 0 Å². The Morgan fingerprint density at radius 2 is 2.21 bits per heavy atom. The zero-order valence-corrected chi connectivity index (χ0v) is 11.0. The summed E-state index contributed by atoms with van der Waals surface area (Å²) < 4.78 is 1.09. The van der Waals surface area contributed by atoms with Gasteiger partial charge in [0.1, 0.15) is 5.92 Å². The van der Waals surface area contributed by atoms with Crippen LogP contribution >= 0.6 is 11.3 Å². The molecule has 1 aromatic heterocycles. The highest BCUT2D eigenvalue weighted by Crippen LogP contribution is 2.31. The fourth-order valence-corrected chi connectivity index (χ4v) is 3.35. The summed E-state index contributed by atoms with van der Waals surface area (Å²) in [5.74, 6) is -1.68. The number of aromatic nitrogens is 1. The number of nitrogens with zero attached hydrogens (tertiary/aromatic N) is 2. The van der Waals surface area contributed by atoms with Gasteiger partial charge in [0.2, 0.25) is 0 Å². The normalized spacial score (nSPS) is 23.7. The zero-order chi connectivity index (χ0) is 13.4. The number of carboxylic acid groups (broad SMARTS) is 1. The predicted octanol–water partition coefficient (Wildman–Crippen LogP) is 1.57. The lowest BCUT2D eigenvalue weighted by Gasteiger charge is -2.33. The Balaban J connectivity index is 1.87. The molecule has 6 heteroatoms. The lowest BCUT2D eigenvalue weighted by atomic mass is 9.95. The van der Waals surface area contributed by atoms with E-state index in [2.05, 4.69) is 4.98 Å². The molecule has 2 aromatic rings. The van der Waals surface area contributed by atoms with Gasteiger partial charge < -0.3 is 15.1 Å². The van der Waals surface area contributed by atoms with Crippen molar-refractivity contribution in [2.75, 3.05) is 18.0 Å². The van der Waals surface area contributed by atoms with E-state index in [1.54, 1.807) is 11.3 Å². The van der Waals surface area contributed by atoms with Crippen LogP contribution in [-0.2, 0) is 4.79 Å². The van der Waals surface area contributed by atoms with Crippen molar-refractivity contribution in [1.29, 1.82) is 0 Å². The van der Waals surface area contributed by atoms with Crippen molar-refractivity contribution in [3.8, 4) is 0 Å². The molecule has 0 radical (unpaired) electrons. The smallest absolute Gasteiger partial charge is 0.310 e. The van der Waals surface area contributed by atoms with E-state index in [1.165, 1.54) is 0 Å². The van der Waals surface area contributed by atoms with Crippen molar-refractivity contribution in [3.63, 3.8) is 0 Å². The number of para-hydroxylation sites is 1. The lowest BCUT2D eigenvalue weighted by molar-refractivity contribution is -0.146. The van der Waals surface area contributed by atoms with E-state index in [4.69, 9.17) is 5.11 Å². The molecule has 1 aliphatic heterocycles. The van der Waals surface area contributed by atoms with E-state index >= 15 is 0 Å². The predicted molar refractivity (Wildman–Crippen MR) is 73.6 cm³/mol. The molecule has 1 saturated heterocycles. The monoisotopic (exact) mass is 278 g/mol. The first-order valence-corrected chi connectivity index (χ1v) is 6.98. The standard InChI is InChI=1S/C13H14N2O3S/c16-10-5-6-15(7-8(10)12(17)18)13-14-9-3-1-2-4-11(9)19-13/h1-4,8,10,16H,5-7H2,(H,17,18)/t8-,10+/m1/s1. The van der Waals surface area contributed by atoms with Crippen LogP contribution < -0.4 is 4.90 Å². The summed E-state index contributed by atoms with van der Waals surface area (Å²) in [6, 6.07) is 7.85. The van der Waals surface area contributed by atoms with E-state index < -0.39 is 18.0 Å². The van der Waals surface area contributed by atoms with Crippen molar-refractivity contribution in [1.82, 2.24) is 4.98 Å². The molecule has 100 valence electrons. The fraction of sp³-hybridized carbons (Fsp3) is 0.385. The molecule has 5 nitrogen and oxygen atoms in total. The Hall–Kier alpha value is -1.66. The number of aliphatic carboxylic acids is 1. The number of carbonyl (C=O) groups is 1. The van der Waals surface area contributed by atoms with Gasteiger partial charge in [-0.1, -0.05) is 23.5 Å². The van der Waals surface area contributed by atoms with Crippen LogP contribution in [0.3, 0.4) is 0 Å². The molecule has 0 spiro atoms. The third-order valence-electron chi connectivity index (χ3n) is 3.45. The molecular weight excluding hydrogens is 264 g/mol. The maximum atomic E-state index is 11.1. The number of hydrogen-bond acceptors (Lipinski definition) is 5. The lowest BCUT2D eigenvalue weighted by Crippen LogP contribution is -2.46. The third kappa shape index (κ3) is 2.29. The summed E-state index contributed by atoms with van der Waals surface area (Å²) in [5.41, 5.74) is 0.931. The van der Waals surface area contributed by atoms with E-state index in [-0.39, 0.29) is 0 Å². The van der Waals surface area contributed by atoms with Crippen molar-refractivity contribution < 1.29 is 15.0 Å². The van der Waals surface area contributed by atoms with Gasteiger partial charge in [0.15, 0.2) is 5.13 Å². The van der Waals surface area contributed by atoms with Crippen LogP contribution in [0.25, 0.3) is 10.2 Å². The van der Waals surface area contributed by atoms with Crippen LogP contribution in [0.15, 0.2) is 24.3 Å². The van der Waals surface area contributed by atoms with Crippen LogP contribution in [0.1, 0.15) is 6.42 Å². The largest absolute Gasteiger partial charge is 0.481 e. The molecule has 1 fully saturated rings. The zero-order valence-electron chi connectivity index (χ0n) is 10.2. The number of rotatable bonds is 2. The van der Waals surface area contributed by atoms with Crippen LogP contribution in [-0.4, -0.2) is 40.4 Å². The SMILES string of the molecule is O=C(O)[C@@H]1CN(c2nc3ccccc3s2)CC[C@@H]1O. The summed E-state index contributed by atoms with van der Waals surface area (Å²) >= 11 is 1.56. The number of hydrogen-bond donors (Lipinski definition) is 2. The number of anilines is 1. The molecule has 2 N–H and O–H groups in total. The van der Waals surface area contributed by atoms with Gasteiger partial charge in [0.25, 0.3) is 0 Å². The minimum absolute atomic E-state index is 0.316. The molecule has 0 unspecified atom stereocenters. The molecule has 19 heavy (non-hydrogen) atoms. The molecule has 0 saturated carbocycles. The first-order chi connectivity index (χ1) is 9.15. The van der Waals surface area contributed by atoms with Gasteiger partial charge in [-0.15, -0.1) is 0 Å². The molecule has 3 rings (SSSR count). The van der Waals surface area contributed by atoms with Gasteiger partial charge in [0, 0.05) is 13.1 Å². The van der Waals surface area contributed by atoms with Gasteiger partial charge in [-0.3, -0.25) is 4.79 Å². The number of carboxylic acids is 1. The van der Waals surface area contributed by atoms with Gasteiger partial charge >= 0.3 is 5.97 Å². The average Bonchev–Trinajstić information content (AvgIpc) is 2.82. The highest BCUT2D eigenvalue weighted by Gasteiger charge is 2.34. The Bertz CT molecular complexity index is 580.